The summed E-state index contributed by atoms with van der Waals surface area (Å²) in [6.07, 6.45) is 0. The van der Waals surface area contributed by atoms with E-state index < -0.39 is 21.9 Å². The fraction of sp³-hybridized carbons (Fsp3) is 0.231. The predicted octanol–water partition coefficient (Wildman–Crippen LogP) is 3.47. The molecule has 1 aromatic carbocycles. The first-order valence-electron chi connectivity index (χ1n) is 6.04. The molecule has 0 radical (unpaired) electrons. The zero-order chi connectivity index (χ0) is 15.8. The van der Waals surface area contributed by atoms with Gasteiger partial charge in [0.15, 0.2) is 0 Å². The number of hydrogen-bond acceptors (Lipinski definition) is 4. The molecule has 0 aliphatic rings. The van der Waals surface area contributed by atoms with Gasteiger partial charge in [-0.1, -0.05) is 11.6 Å². The monoisotopic (exact) mass is 348 g/mol. The van der Waals surface area contributed by atoms with Crippen LogP contribution >= 0.6 is 22.9 Å². The highest BCUT2D eigenvalue weighted by atomic mass is 35.5. The molecule has 2 aromatic rings. The summed E-state index contributed by atoms with van der Waals surface area (Å²) in [6.45, 7) is 3.23. The minimum Gasteiger partial charge on any atom is -0.396 e. The highest BCUT2D eigenvalue weighted by Crippen LogP contribution is 2.28. The van der Waals surface area contributed by atoms with Crippen LogP contribution < -0.4 is 10.5 Å². The molecule has 0 saturated heterocycles. The predicted molar refractivity (Wildman–Crippen MR) is 83.6 cm³/mol. The maximum absolute atomic E-state index is 13.3. The Hall–Kier alpha value is -1.15. The van der Waals surface area contributed by atoms with E-state index in [-0.39, 0.29) is 10.6 Å². The molecule has 3 N–H and O–H groups in total. The molecule has 1 heterocycles. The van der Waals surface area contributed by atoms with Crippen LogP contribution in [0.2, 0.25) is 4.34 Å². The van der Waals surface area contributed by atoms with Crippen LogP contribution in [-0.2, 0) is 10.0 Å². The fourth-order valence-electron chi connectivity index (χ4n) is 1.87. The molecule has 4 nitrogen and oxygen atoms in total. The Bertz CT molecular complexity index is 774. The Kier molecular flexibility index (Phi) is 4.57. The summed E-state index contributed by atoms with van der Waals surface area (Å²) in [5.41, 5.74) is 5.54. The van der Waals surface area contributed by atoms with Crippen molar-refractivity contribution in [3.05, 3.63) is 44.9 Å². The number of aryl methyl sites for hydroxylation is 1. The van der Waals surface area contributed by atoms with E-state index in [0.717, 1.165) is 17.0 Å². The summed E-state index contributed by atoms with van der Waals surface area (Å²) in [5.74, 6) is -0.635. The van der Waals surface area contributed by atoms with Crippen molar-refractivity contribution < 1.29 is 12.8 Å². The molecule has 0 amide bonds. The zero-order valence-corrected chi connectivity index (χ0v) is 13.7. The molecule has 114 valence electrons. The second kappa shape index (κ2) is 5.92. The van der Waals surface area contributed by atoms with Crippen molar-refractivity contribution in [2.24, 2.45) is 0 Å². The molecule has 1 atom stereocenters. The molecule has 0 aliphatic carbocycles. The number of thiophene rings is 1. The summed E-state index contributed by atoms with van der Waals surface area (Å²) in [7, 11) is -3.80. The van der Waals surface area contributed by atoms with E-state index in [0.29, 0.717) is 9.90 Å². The number of rotatable bonds is 4. The average Bonchev–Trinajstić information content (AvgIpc) is 2.80. The maximum Gasteiger partial charge on any atom is 0.241 e. The third-order valence-corrected chi connectivity index (χ3v) is 6.03. The second-order valence-corrected chi connectivity index (χ2v) is 8.05. The normalized spacial score (nSPS) is 13.3. The van der Waals surface area contributed by atoms with Crippen LogP contribution in [0.15, 0.2) is 29.2 Å². The molecule has 1 aromatic heterocycles. The lowest BCUT2D eigenvalue weighted by molar-refractivity contribution is 0.567. The van der Waals surface area contributed by atoms with Gasteiger partial charge in [0.25, 0.3) is 0 Å². The number of benzene rings is 1. The zero-order valence-electron chi connectivity index (χ0n) is 11.4. The quantitative estimate of drug-likeness (QED) is 0.831. The van der Waals surface area contributed by atoms with Crippen LogP contribution in [0.5, 0.6) is 0 Å². The Morgan fingerprint density at radius 1 is 1.38 bits per heavy atom. The van der Waals surface area contributed by atoms with Crippen molar-refractivity contribution in [3.8, 4) is 0 Å². The molecule has 0 spiro atoms. The topological polar surface area (TPSA) is 72.2 Å². The van der Waals surface area contributed by atoms with Gasteiger partial charge in [0.05, 0.1) is 21.0 Å². The molecule has 0 saturated carbocycles. The summed E-state index contributed by atoms with van der Waals surface area (Å²) in [6, 6.07) is 5.25. The van der Waals surface area contributed by atoms with Crippen molar-refractivity contribution in [2.45, 2.75) is 24.8 Å². The fourth-order valence-corrected chi connectivity index (χ4v) is 4.50. The van der Waals surface area contributed by atoms with Gasteiger partial charge in [-0.2, -0.15) is 0 Å². The first-order chi connectivity index (χ1) is 9.70. The second-order valence-electron chi connectivity index (χ2n) is 4.62. The van der Waals surface area contributed by atoms with Crippen molar-refractivity contribution >= 4 is 38.6 Å². The Morgan fingerprint density at radius 2 is 2.05 bits per heavy atom. The minimum atomic E-state index is -3.80. The van der Waals surface area contributed by atoms with Crippen LogP contribution in [0, 0.1) is 12.7 Å². The molecule has 2 rings (SSSR count). The van der Waals surface area contributed by atoms with E-state index in [4.69, 9.17) is 17.3 Å². The number of anilines is 1. The minimum absolute atomic E-state index is 0.0316. The standard InChI is InChI=1S/C13H14ClFN2O2S2/c1-7-5-9(15)10(16)6-12(7)21(18,19)17-8(2)11-3-4-13(14)20-11/h3-6,8,17H,16H2,1-2H3. The largest absolute Gasteiger partial charge is 0.396 e. The lowest BCUT2D eigenvalue weighted by Crippen LogP contribution is -2.27. The molecule has 1 unspecified atom stereocenters. The van der Waals surface area contributed by atoms with Gasteiger partial charge in [-0.25, -0.2) is 17.5 Å². The highest BCUT2D eigenvalue weighted by molar-refractivity contribution is 7.89. The smallest absolute Gasteiger partial charge is 0.241 e. The average molecular weight is 349 g/mol. The molecule has 0 bridgehead atoms. The van der Waals surface area contributed by atoms with Gasteiger partial charge in [0.2, 0.25) is 10.0 Å². The Morgan fingerprint density at radius 3 is 2.62 bits per heavy atom. The van der Waals surface area contributed by atoms with E-state index in [1.54, 1.807) is 19.1 Å². The number of nitrogens with one attached hydrogen (secondary N) is 1. The molecular weight excluding hydrogens is 335 g/mol. The molecule has 0 fully saturated rings. The van der Waals surface area contributed by atoms with Crippen molar-refractivity contribution in [2.75, 3.05) is 5.73 Å². The van der Waals surface area contributed by atoms with Gasteiger partial charge >= 0.3 is 0 Å². The highest BCUT2D eigenvalue weighted by Gasteiger charge is 2.22. The molecule has 21 heavy (non-hydrogen) atoms. The van der Waals surface area contributed by atoms with Gasteiger partial charge in [-0.3, -0.25) is 0 Å². The van der Waals surface area contributed by atoms with Crippen LogP contribution in [-0.4, -0.2) is 8.42 Å². The van der Waals surface area contributed by atoms with E-state index in [1.807, 2.05) is 0 Å². The number of sulfonamides is 1. The molecule has 0 aliphatic heterocycles. The number of nitrogens with two attached hydrogens (primary N) is 1. The van der Waals surface area contributed by atoms with E-state index in [1.165, 1.54) is 18.3 Å². The Balaban J connectivity index is 2.32. The summed E-state index contributed by atoms with van der Waals surface area (Å²) < 4.78 is 41.2. The van der Waals surface area contributed by atoms with Crippen LogP contribution in [0.4, 0.5) is 10.1 Å². The molecule has 8 heteroatoms. The van der Waals surface area contributed by atoms with Crippen LogP contribution in [0.1, 0.15) is 23.4 Å². The summed E-state index contributed by atoms with van der Waals surface area (Å²) in [4.78, 5) is 0.757. The lowest BCUT2D eigenvalue weighted by Gasteiger charge is -2.15. The van der Waals surface area contributed by atoms with Gasteiger partial charge in [-0.15, -0.1) is 11.3 Å². The SMILES string of the molecule is Cc1cc(F)c(N)cc1S(=O)(=O)NC(C)c1ccc(Cl)s1. The van der Waals surface area contributed by atoms with E-state index in [9.17, 15) is 12.8 Å². The van der Waals surface area contributed by atoms with E-state index in [2.05, 4.69) is 4.72 Å². The maximum atomic E-state index is 13.3. The number of hydrogen-bond donors (Lipinski definition) is 2. The summed E-state index contributed by atoms with van der Waals surface area (Å²) in [5, 5.41) is 0. The van der Waals surface area contributed by atoms with Crippen LogP contribution in [0.25, 0.3) is 0 Å². The lowest BCUT2D eigenvalue weighted by atomic mass is 10.2. The van der Waals surface area contributed by atoms with Gasteiger partial charge in [0.1, 0.15) is 5.82 Å². The first-order valence-corrected chi connectivity index (χ1v) is 8.71. The van der Waals surface area contributed by atoms with Crippen LogP contribution in [0.3, 0.4) is 0 Å². The van der Waals surface area contributed by atoms with Gasteiger partial charge in [0, 0.05) is 4.88 Å². The third-order valence-electron chi connectivity index (χ3n) is 2.94. The Labute approximate surface area is 131 Å². The number of nitrogen functional groups attached to an aromatic ring is 1. The molecular formula is C13H14ClFN2O2S2. The first kappa shape index (κ1) is 16.2. The van der Waals surface area contributed by atoms with E-state index >= 15 is 0 Å². The van der Waals surface area contributed by atoms with Crippen molar-refractivity contribution in [1.29, 1.82) is 0 Å². The van der Waals surface area contributed by atoms with Gasteiger partial charge < -0.3 is 5.73 Å². The third kappa shape index (κ3) is 3.55. The van der Waals surface area contributed by atoms with Crippen molar-refractivity contribution in [1.82, 2.24) is 4.72 Å². The van der Waals surface area contributed by atoms with Crippen molar-refractivity contribution in [3.63, 3.8) is 0 Å². The number of halogens is 2. The van der Waals surface area contributed by atoms with Gasteiger partial charge in [-0.05, 0) is 43.7 Å². The summed E-state index contributed by atoms with van der Waals surface area (Å²) >= 11 is 7.13.